The van der Waals surface area contributed by atoms with Crippen LogP contribution in [0.1, 0.15) is 36.5 Å². The number of fused-ring (bicyclic) bond motifs is 2. The maximum absolute atomic E-state index is 12.9. The van der Waals surface area contributed by atoms with E-state index in [2.05, 4.69) is 4.98 Å². The van der Waals surface area contributed by atoms with E-state index in [1.165, 1.54) is 11.0 Å². The van der Waals surface area contributed by atoms with Gasteiger partial charge in [-0.2, -0.15) is 0 Å². The number of carbonyl (C=O) groups is 2. The Hall–Kier alpha value is -4.07. The van der Waals surface area contributed by atoms with Crippen LogP contribution in [0.2, 0.25) is 0 Å². The molecule has 178 valence electrons. The van der Waals surface area contributed by atoms with Gasteiger partial charge in [0.15, 0.2) is 0 Å². The number of hydrogen-bond donors (Lipinski definition) is 0. The summed E-state index contributed by atoms with van der Waals surface area (Å²) >= 11 is 0. The molecular weight excluding hydrogens is 444 g/mol. The molecule has 4 aromatic rings. The molecule has 1 fully saturated rings. The molecule has 5 rings (SSSR count). The number of benzene rings is 2. The zero-order chi connectivity index (χ0) is 24.4. The van der Waals surface area contributed by atoms with Gasteiger partial charge in [-0.1, -0.05) is 6.07 Å². The third-order valence-electron chi connectivity index (χ3n) is 6.31. The Morgan fingerprint density at radius 1 is 1.00 bits per heavy atom. The third kappa shape index (κ3) is 4.64. The molecule has 0 bridgehead atoms. The lowest BCUT2D eigenvalue weighted by Gasteiger charge is -2.26. The molecule has 1 saturated heterocycles. The van der Waals surface area contributed by atoms with Gasteiger partial charge in [0, 0.05) is 35.8 Å². The summed E-state index contributed by atoms with van der Waals surface area (Å²) in [5.41, 5.74) is 3.18. The number of aromatic nitrogens is 3. The van der Waals surface area contributed by atoms with Crippen molar-refractivity contribution in [1.82, 2.24) is 19.4 Å². The summed E-state index contributed by atoms with van der Waals surface area (Å²) in [7, 11) is 0. The SMILES string of the molecule is CCOC(=O)Cn1ccc2cc(-c3cnc4ccc(C(=O)N5CCCCC5)cc4n3)ccc2c1=O. The van der Waals surface area contributed by atoms with Crippen molar-refractivity contribution in [3.8, 4) is 11.3 Å². The number of rotatable bonds is 5. The highest BCUT2D eigenvalue weighted by Crippen LogP contribution is 2.24. The number of ether oxygens (including phenoxy) is 1. The Morgan fingerprint density at radius 3 is 2.63 bits per heavy atom. The highest BCUT2D eigenvalue weighted by Gasteiger charge is 2.19. The van der Waals surface area contributed by atoms with E-state index in [-0.39, 0.29) is 24.6 Å². The number of nitrogens with zero attached hydrogens (tertiary/aromatic N) is 4. The van der Waals surface area contributed by atoms with Crippen molar-refractivity contribution in [2.45, 2.75) is 32.7 Å². The van der Waals surface area contributed by atoms with Gasteiger partial charge in [0.25, 0.3) is 11.5 Å². The highest BCUT2D eigenvalue weighted by atomic mass is 16.5. The largest absolute Gasteiger partial charge is 0.465 e. The number of pyridine rings is 1. The molecule has 35 heavy (non-hydrogen) atoms. The normalized spacial score (nSPS) is 13.8. The second-order valence-electron chi connectivity index (χ2n) is 8.67. The van der Waals surface area contributed by atoms with Crippen LogP contribution in [-0.2, 0) is 16.1 Å². The lowest BCUT2D eigenvalue weighted by Crippen LogP contribution is -2.35. The quantitative estimate of drug-likeness (QED) is 0.412. The van der Waals surface area contributed by atoms with Crippen LogP contribution in [0, 0.1) is 0 Å². The van der Waals surface area contributed by atoms with Crippen molar-refractivity contribution in [3.63, 3.8) is 0 Å². The molecule has 0 unspecified atom stereocenters. The van der Waals surface area contributed by atoms with Crippen molar-refractivity contribution >= 4 is 33.7 Å². The van der Waals surface area contributed by atoms with Crippen molar-refractivity contribution in [1.29, 1.82) is 0 Å². The minimum atomic E-state index is -0.449. The summed E-state index contributed by atoms with van der Waals surface area (Å²) in [6, 6.07) is 12.7. The molecule has 8 heteroatoms. The molecule has 1 amide bonds. The van der Waals surface area contributed by atoms with Crippen molar-refractivity contribution in [3.05, 3.63) is 70.8 Å². The second kappa shape index (κ2) is 9.66. The highest BCUT2D eigenvalue weighted by molar-refractivity contribution is 5.97. The van der Waals surface area contributed by atoms with E-state index in [1.54, 1.807) is 37.5 Å². The van der Waals surface area contributed by atoms with E-state index >= 15 is 0 Å². The summed E-state index contributed by atoms with van der Waals surface area (Å²) in [4.78, 5) is 48.7. The first-order valence-corrected chi connectivity index (χ1v) is 11.9. The molecule has 2 aromatic carbocycles. The lowest BCUT2D eigenvalue weighted by molar-refractivity contribution is -0.143. The summed E-state index contributed by atoms with van der Waals surface area (Å²) in [6.45, 7) is 3.46. The van der Waals surface area contributed by atoms with Crippen LogP contribution < -0.4 is 5.56 Å². The van der Waals surface area contributed by atoms with Gasteiger partial charge in [0.2, 0.25) is 0 Å². The summed E-state index contributed by atoms with van der Waals surface area (Å²) in [5, 5.41) is 1.24. The third-order valence-corrected chi connectivity index (χ3v) is 6.31. The fraction of sp³-hybridized carbons (Fsp3) is 0.296. The fourth-order valence-corrected chi connectivity index (χ4v) is 4.48. The summed E-state index contributed by atoms with van der Waals surface area (Å²) in [5.74, 6) is -0.418. The zero-order valence-corrected chi connectivity index (χ0v) is 19.6. The predicted octanol–water partition coefficient (Wildman–Crippen LogP) is 3.80. The number of likely N-dealkylation sites (tertiary alicyclic amines) is 1. The van der Waals surface area contributed by atoms with Gasteiger partial charge in [-0.05, 0) is 68.0 Å². The van der Waals surface area contributed by atoms with Crippen molar-refractivity contribution in [2.24, 2.45) is 0 Å². The van der Waals surface area contributed by atoms with Gasteiger partial charge in [-0.15, -0.1) is 0 Å². The molecule has 1 aliphatic rings. The Kier molecular flexibility index (Phi) is 6.27. The smallest absolute Gasteiger partial charge is 0.326 e. The predicted molar refractivity (Wildman–Crippen MR) is 133 cm³/mol. The van der Waals surface area contributed by atoms with Crippen LogP contribution in [0.25, 0.3) is 33.1 Å². The van der Waals surface area contributed by atoms with E-state index in [1.807, 2.05) is 29.2 Å². The van der Waals surface area contributed by atoms with Crippen molar-refractivity contribution in [2.75, 3.05) is 19.7 Å². The molecule has 1 aliphatic heterocycles. The van der Waals surface area contributed by atoms with Crippen LogP contribution in [0.15, 0.2) is 59.7 Å². The maximum Gasteiger partial charge on any atom is 0.326 e. The van der Waals surface area contributed by atoms with Gasteiger partial charge in [0.1, 0.15) is 6.54 Å². The first-order chi connectivity index (χ1) is 17.0. The maximum atomic E-state index is 12.9. The lowest BCUT2D eigenvalue weighted by atomic mass is 10.1. The van der Waals surface area contributed by atoms with Crippen LogP contribution >= 0.6 is 0 Å². The number of piperidine rings is 1. The standard InChI is InChI=1S/C27H26N4O4/c1-2-35-25(32)17-31-13-10-18-14-19(6-8-21(18)27(31)34)24-16-28-22-9-7-20(15-23(22)29-24)26(33)30-11-4-3-5-12-30/h6-10,13-16H,2-5,11-12,17H2,1H3. The van der Waals surface area contributed by atoms with Crippen LogP contribution in [0.4, 0.5) is 0 Å². The fourth-order valence-electron chi connectivity index (χ4n) is 4.48. The number of carbonyl (C=O) groups excluding carboxylic acids is 2. The minimum Gasteiger partial charge on any atom is -0.465 e. The van der Waals surface area contributed by atoms with Crippen LogP contribution in [0.3, 0.4) is 0 Å². The average molecular weight is 471 g/mol. The van der Waals surface area contributed by atoms with E-state index in [9.17, 15) is 14.4 Å². The summed E-state index contributed by atoms with van der Waals surface area (Å²) in [6.07, 6.45) is 6.53. The van der Waals surface area contributed by atoms with E-state index in [0.29, 0.717) is 27.7 Å². The van der Waals surface area contributed by atoms with Gasteiger partial charge >= 0.3 is 5.97 Å². The minimum absolute atomic E-state index is 0.0311. The number of hydrogen-bond acceptors (Lipinski definition) is 6. The molecule has 2 aromatic heterocycles. The molecule has 8 nitrogen and oxygen atoms in total. The topological polar surface area (TPSA) is 94.4 Å². The Balaban J connectivity index is 1.46. The monoisotopic (exact) mass is 470 g/mol. The van der Waals surface area contributed by atoms with Crippen LogP contribution in [0.5, 0.6) is 0 Å². The van der Waals surface area contributed by atoms with E-state index in [4.69, 9.17) is 9.72 Å². The molecule has 0 radical (unpaired) electrons. The first-order valence-electron chi connectivity index (χ1n) is 11.9. The van der Waals surface area contributed by atoms with Gasteiger partial charge in [-0.25, -0.2) is 4.98 Å². The summed E-state index contributed by atoms with van der Waals surface area (Å²) < 4.78 is 6.29. The molecular formula is C27H26N4O4. The van der Waals surface area contributed by atoms with Gasteiger partial charge < -0.3 is 14.2 Å². The molecule has 0 atom stereocenters. The Morgan fingerprint density at radius 2 is 1.83 bits per heavy atom. The van der Waals surface area contributed by atoms with Crippen LogP contribution in [-0.4, -0.2) is 51.0 Å². The van der Waals surface area contributed by atoms with E-state index in [0.717, 1.165) is 36.9 Å². The molecule has 0 aliphatic carbocycles. The second-order valence-corrected chi connectivity index (χ2v) is 8.67. The zero-order valence-electron chi connectivity index (χ0n) is 19.6. The molecule has 0 saturated carbocycles. The first kappa shape index (κ1) is 22.7. The van der Waals surface area contributed by atoms with Gasteiger partial charge in [-0.3, -0.25) is 19.4 Å². The van der Waals surface area contributed by atoms with Gasteiger partial charge in [0.05, 0.1) is 29.5 Å². The molecule has 0 spiro atoms. The Bertz CT molecular complexity index is 1490. The number of esters is 1. The van der Waals surface area contributed by atoms with Crippen molar-refractivity contribution < 1.29 is 14.3 Å². The molecule has 3 heterocycles. The van der Waals surface area contributed by atoms with E-state index < -0.39 is 5.97 Å². The average Bonchev–Trinajstić information content (AvgIpc) is 2.89. The number of amides is 1. The molecule has 0 N–H and O–H groups in total. The Labute approximate surface area is 202 Å².